The summed E-state index contributed by atoms with van der Waals surface area (Å²) in [4.78, 5) is 22.8. The number of carbonyl (C=O) groups is 2. The van der Waals surface area contributed by atoms with E-state index >= 15 is 0 Å². The van der Waals surface area contributed by atoms with Crippen molar-refractivity contribution in [1.29, 1.82) is 0 Å². The van der Waals surface area contributed by atoms with E-state index < -0.39 is 12.0 Å². The van der Waals surface area contributed by atoms with Gasteiger partial charge in [-0.1, -0.05) is 0 Å². The summed E-state index contributed by atoms with van der Waals surface area (Å²) in [5.41, 5.74) is 1.16. The molecule has 0 aromatic rings. The Bertz CT molecular complexity index is 222. The molecular weight excluding hydrogens is 179 g/mol. The Morgan fingerprint density at radius 2 is 2.46 bits per heavy atom. The Balaban J connectivity index is 2.45. The average Bonchev–Trinajstić information content (AvgIpc) is 2.46. The van der Waals surface area contributed by atoms with Crippen LogP contribution in [0.25, 0.3) is 0 Å². The predicted octanol–water partition coefficient (Wildman–Crippen LogP) is -0.464. The summed E-state index contributed by atoms with van der Waals surface area (Å²) in [6.07, 6.45) is 1.15. The Morgan fingerprint density at radius 1 is 1.77 bits per heavy atom. The zero-order valence-corrected chi connectivity index (χ0v) is 6.99. The largest absolute Gasteiger partial charge is 0.480 e. The highest BCUT2D eigenvalue weighted by molar-refractivity contribution is 5.80. The molecule has 1 saturated heterocycles. The van der Waals surface area contributed by atoms with Crippen molar-refractivity contribution in [2.75, 3.05) is 13.1 Å². The highest BCUT2D eigenvalue weighted by Crippen LogP contribution is 2.09. The number of aliphatic carboxylic acids is 1. The van der Waals surface area contributed by atoms with Crippen molar-refractivity contribution in [1.82, 2.24) is 10.4 Å². The summed E-state index contributed by atoms with van der Waals surface area (Å²) in [6, 6.07) is -1.32. The van der Waals surface area contributed by atoms with Crippen LogP contribution in [0.2, 0.25) is 0 Å². The molecule has 0 saturated carbocycles. The lowest BCUT2D eigenvalue weighted by Gasteiger charge is -2.18. The van der Waals surface area contributed by atoms with Crippen LogP contribution in [0.3, 0.4) is 0 Å². The number of hydrogen-bond acceptors (Lipinski definition) is 3. The SMILES string of the molecule is O=C(O)[C@H](CN1CCCC1=O)NF. The third-order valence-corrected chi connectivity index (χ3v) is 2.00. The summed E-state index contributed by atoms with van der Waals surface area (Å²) in [7, 11) is 0. The molecule has 0 unspecified atom stereocenters. The summed E-state index contributed by atoms with van der Waals surface area (Å²) < 4.78 is 11.9. The molecule has 1 fully saturated rings. The van der Waals surface area contributed by atoms with Crippen LogP contribution in [0, 0.1) is 0 Å². The first-order chi connectivity index (χ1) is 6.15. The maximum absolute atomic E-state index is 11.9. The minimum absolute atomic E-state index is 0.106. The maximum atomic E-state index is 11.9. The number of carbonyl (C=O) groups excluding carboxylic acids is 1. The quantitative estimate of drug-likeness (QED) is 0.588. The van der Waals surface area contributed by atoms with Gasteiger partial charge in [0.2, 0.25) is 5.91 Å². The first-order valence-corrected chi connectivity index (χ1v) is 4.02. The molecule has 74 valence electrons. The Kier molecular flexibility index (Phi) is 3.18. The van der Waals surface area contributed by atoms with E-state index in [1.54, 1.807) is 0 Å². The second-order valence-electron chi connectivity index (χ2n) is 2.94. The molecular formula is C7H11FN2O3. The van der Waals surface area contributed by atoms with Crippen molar-refractivity contribution in [3.63, 3.8) is 0 Å². The number of amides is 1. The van der Waals surface area contributed by atoms with E-state index in [0.29, 0.717) is 13.0 Å². The maximum Gasteiger partial charge on any atom is 0.325 e. The van der Waals surface area contributed by atoms with Gasteiger partial charge < -0.3 is 10.0 Å². The minimum atomic E-state index is -1.32. The average molecular weight is 190 g/mol. The number of halogens is 1. The molecule has 1 heterocycles. The zero-order valence-electron chi connectivity index (χ0n) is 6.99. The summed E-state index contributed by atoms with van der Waals surface area (Å²) in [6.45, 7) is 0.412. The Morgan fingerprint density at radius 3 is 2.85 bits per heavy atom. The molecule has 1 aliphatic heterocycles. The van der Waals surface area contributed by atoms with Crippen molar-refractivity contribution in [3.05, 3.63) is 0 Å². The lowest BCUT2D eigenvalue weighted by atomic mass is 10.3. The number of rotatable bonds is 4. The molecule has 13 heavy (non-hydrogen) atoms. The smallest absolute Gasteiger partial charge is 0.325 e. The van der Waals surface area contributed by atoms with Crippen LogP contribution in [0.1, 0.15) is 12.8 Å². The Labute approximate surface area is 74.5 Å². The fraction of sp³-hybridized carbons (Fsp3) is 0.714. The summed E-state index contributed by atoms with van der Waals surface area (Å²) in [5.74, 6) is -1.40. The van der Waals surface area contributed by atoms with Gasteiger partial charge in [0.25, 0.3) is 0 Å². The zero-order chi connectivity index (χ0) is 9.84. The molecule has 6 heteroatoms. The van der Waals surface area contributed by atoms with Gasteiger partial charge in [0.05, 0.1) is 0 Å². The molecule has 0 aromatic heterocycles. The van der Waals surface area contributed by atoms with Crippen LogP contribution >= 0.6 is 0 Å². The van der Waals surface area contributed by atoms with Gasteiger partial charge in [0, 0.05) is 19.5 Å². The standard InChI is InChI=1S/C7H11FN2O3/c8-9-5(7(12)13)4-10-3-1-2-6(10)11/h5,9H,1-4H2,(H,12,13)/t5-/m0/s1. The number of carboxylic acid groups (broad SMARTS) is 1. The minimum Gasteiger partial charge on any atom is -0.480 e. The molecule has 1 amide bonds. The van der Waals surface area contributed by atoms with Crippen LogP contribution in [-0.2, 0) is 9.59 Å². The van der Waals surface area contributed by atoms with Crippen LogP contribution in [0.4, 0.5) is 4.48 Å². The lowest BCUT2D eigenvalue weighted by Crippen LogP contribution is -2.43. The van der Waals surface area contributed by atoms with E-state index in [9.17, 15) is 14.1 Å². The number of likely N-dealkylation sites (tertiary alicyclic amines) is 1. The van der Waals surface area contributed by atoms with Crippen LogP contribution in [-0.4, -0.2) is 41.0 Å². The van der Waals surface area contributed by atoms with E-state index in [0.717, 1.165) is 12.0 Å². The first kappa shape index (κ1) is 9.91. The van der Waals surface area contributed by atoms with E-state index in [1.807, 2.05) is 0 Å². The second-order valence-corrected chi connectivity index (χ2v) is 2.94. The van der Waals surface area contributed by atoms with E-state index in [-0.39, 0.29) is 12.5 Å². The highest BCUT2D eigenvalue weighted by Gasteiger charge is 2.26. The van der Waals surface area contributed by atoms with Crippen molar-refractivity contribution >= 4 is 11.9 Å². The molecule has 0 aliphatic carbocycles. The molecule has 0 bridgehead atoms. The molecule has 0 spiro atoms. The highest BCUT2D eigenvalue weighted by atomic mass is 19.2. The van der Waals surface area contributed by atoms with Crippen LogP contribution in [0.5, 0.6) is 0 Å². The van der Waals surface area contributed by atoms with Gasteiger partial charge in [0.15, 0.2) is 6.04 Å². The molecule has 5 nitrogen and oxygen atoms in total. The third-order valence-electron chi connectivity index (χ3n) is 2.00. The first-order valence-electron chi connectivity index (χ1n) is 4.02. The van der Waals surface area contributed by atoms with Crippen LogP contribution in [0.15, 0.2) is 0 Å². The molecule has 0 radical (unpaired) electrons. The van der Waals surface area contributed by atoms with E-state index in [4.69, 9.17) is 5.11 Å². The summed E-state index contributed by atoms with van der Waals surface area (Å²) >= 11 is 0. The molecule has 1 atom stereocenters. The monoisotopic (exact) mass is 190 g/mol. The Hall–Kier alpha value is -1.17. The fourth-order valence-electron chi connectivity index (χ4n) is 1.28. The van der Waals surface area contributed by atoms with Crippen molar-refractivity contribution < 1.29 is 19.2 Å². The van der Waals surface area contributed by atoms with Gasteiger partial charge in [-0.05, 0) is 6.42 Å². The van der Waals surface area contributed by atoms with Gasteiger partial charge in [0.1, 0.15) is 0 Å². The van der Waals surface area contributed by atoms with Gasteiger partial charge in [-0.25, -0.2) is 0 Å². The number of carboxylic acids is 1. The summed E-state index contributed by atoms with van der Waals surface area (Å²) in [5, 5.41) is 8.48. The van der Waals surface area contributed by atoms with E-state index in [1.165, 1.54) is 4.90 Å². The number of nitrogens with one attached hydrogen (secondary N) is 1. The van der Waals surface area contributed by atoms with Gasteiger partial charge in [-0.15, -0.1) is 10.0 Å². The van der Waals surface area contributed by atoms with Crippen molar-refractivity contribution in [3.8, 4) is 0 Å². The van der Waals surface area contributed by atoms with Crippen molar-refractivity contribution in [2.45, 2.75) is 18.9 Å². The van der Waals surface area contributed by atoms with Gasteiger partial charge >= 0.3 is 5.97 Å². The van der Waals surface area contributed by atoms with Crippen LogP contribution < -0.4 is 5.54 Å². The van der Waals surface area contributed by atoms with Gasteiger partial charge in [-0.3, -0.25) is 9.59 Å². The topological polar surface area (TPSA) is 69.6 Å². The molecule has 0 aromatic carbocycles. The predicted molar refractivity (Wildman–Crippen MR) is 41.5 cm³/mol. The van der Waals surface area contributed by atoms with E-state index in [2.05, 4.69) is 0 Å². The normalized spacial score (nSPS) is 19.2. The number of hydrogen-bond donors (Lipinski definition) is 2. The second kappa shape index (κ2) is 4.18. The molecule has 1 aliphatic rings. The number of nitrogens with zero attached hydrogens (tertiary/aromatic N) is 1. The lowest BCUT2D eigenvalue weighted by molar-refractivity contribution is -0.142. The third kappa shape index (κ3) is 2.38. The van der Waals surface area contributed by atoms with Gasteiger partial charge in [-0.2, -0.15) is 0 Å². The van der Waals surface area contributed by atoms with Crippen molar-refractivity contribution in [2.24, 2.45) is 0 Å². The fourth-order valence-corrected chi connectivity index (χ4v) is 1.28. The molecule has 2 N–H and O–H groups in total. The molecule has 1 rings (SSSR count).